The van der Waals surface area contributed by atoms with E-state index in [1.165, 1.54) is 28.6 Å². The van der Waals surface area contributed by atoms with E-state index in [0.717, 1.165) is 38.6 Å². The van der Waals surface area contributed by atoms with Gasteiger partial charge in [-0.25, -0.2) is 0 Å². The van der Waals surface area contributed by atoms with Gasteiger partial charge < -0.3 is 20.5 Å². The Balaban J connectivity index is 0.00000240. The lowest BCUT2D eigenvalue weighted by molar-refractivity contribution is 0.566. The van der Waals surface area contributed by atoms with Crippen LogP contribution in [0.25, 0.3) is 10.9 Å². The van der Waals surface area contributed by atoms with Crippen LogP contribution in [0.1, 0.15) is 12.0 Å². The van der Waals surface area contributed by atoms with Gasteiger partial charge in [-0.2, -0.15) is 0 Å². The number of nitrogens with zero attached hydrogens (tertiary/aromatic N) is 2. The number of aliphatic imine (C=N–C) groups is 1. The van der Waals surface area contributed by atoms with Crippen LogP contribution in [0.5, 0.6) is 0 Å². The van der Waals surface area contributed by atoms with E-state index in [1.54, 1.807) is 0 Å². The number of hydrogen-bond acceptors (Lipinski definition) is 2. The summed E-state index contributed by atoms with van der Waals surface area (Å²) in [4.78, 5) is 10.2. The number of aromatic amines is 1. The van der Waals surface area contributed by atoms with E-state index in [1.807, 2.05) is 7.05 Å². The van der Waals surface area contributed by atoms with Crippen molar-refractivity contribution in [1.29, 1.82) is 0 Å². The molecule has 1 fully saturated rings. The summed E-state index contributed by atoms with van der Waals surface area (Å²) >= 11 is 0. The molecule has 6 heteroatoms. The van der Waals surface area contributed by atoms with E-state index in [4.69, 9.17) is 0 Å². The first-order chi connectivity index (χ1) is 13.8. The molecule has 4 rings (SSSR count). The average molecular weight is 503 g/mol. The molecule has 1 saturated heterocycles. The number of anilines is 1. The second-order valence-corrected chi connectivity index (χ2v) is 7.43. The van der Waals surface area contributed by atoms with Gasteiger partial charge in [-0.05, 0) is 42.5 Å². The van der Waals surface area contributed by atoms with E-state index in [0.29, 0.717) is 5.92 Å². The molecular weight excluding hydrogens is 473 g/mol. The Hall–Kier alpha value is -2.22. The Bertz CT molecular complexity index is 921. The normalized spacial score (nSPS) is 16.7. The van der Waals surface area contributed by atoms with Crippen molar-refractivity contribution >= 4 is 46.5 Å². The minimum absolute atomic E-state index is 0. The summed E-state index contributed by atoms with van der Waals surface area (Å²) in [5.74, 6) is 1.53. The van der Waals surface area contributed by atoms with Gasteiger partial charge in [0.05, 0.1) is 0 Å². The van der Waals surface area contributed by atoms with Gasteiger partial charge in [0.1, 0.15) is 0 Å². The Morgan fingerprint density at radius 3 is 2.72 bits per heavy atom. The number of hydrogen-bond donors (Lipinski definition) is 3. The standard InChI is InChI=1S/C23H29N5.HI/c1-24-23(25-13-11-19-16-26-22-10-6-5-9-21(19)22)27-15-18-12-14-28(17-18)20-7-3-2-4-8-20;/h2-10,16,18,26H,11-15,17H2,1H3,(H2,24,25,27);1H. The fraction of sp³-hybridized carbons (Fsp3) is 0.348. The molecule has 1 aliphatic heterocycles. The second-order valence-electron chi connectivity index (χ2n) is 7.43. The third-order valence-corrected chi connectivity index (χ3v) is 5.55. The lowest BCUT2D eigenvalue weighted by Crippen LogP contribution is -2.41. The predicted molar refractivity (Wildman–Crippen MR) is 134 cm³/mol. The first kappa shape index (κ1) is 21.5. The molecule has 0 bridgehead atoms. The van der Waals surface area contributed by atoms with Crippen LogP contribution in [0.15, 0.2) is 65.8 Å². The SMILES string of the molecule is CN=C(NCCc1c[nH]c2ccccc12)NCC1CCN(c2ccccc2)C1.I. The first-order valence-electron chi connectivity index (χ1n) is 10.1. The third-order valence-electron chi connectivity index (χ3n) is 5.55. The molecular formula is C23H30IN5. The lowest BCUT2D eigenvalue weighted by atomic mass is 10.1. The molecule has 3 N–H and O–H groups in total. The quantitative estimate of drug-likeness (QED) is 0.271. The maximum Gasteiger partial charge on any atom is 0.190 e. The van der Waals surface area contributed by atoms with Crippen LogP contribution in [0.4, 0.5) is 5.69 Å². The Morgan fingerprint density at radius 2 is 1.90 bits per heavy atom. The highest BCUT2D eigenvalue weighted by Crippen LogP contribution is 2.23. The topological polar surface area (TPSA) is 55.5 Å². The van der Waals surface area contributed by atoms with Crippen molar-refractivity contribution < 1.29 is 0 Å². The van der Waals surface area contributed by atoms with Crippen molar-refractivity contribution in [3.8, 4) is 0 Å². The minimum atomic E-state index is 0. The smallest absolute Gasteiger partial charge is 0.190 e. The first-order valence-corrected chi connectivity index (χ1v) is 10.1. The van der Waals surface area contributed by atoms with E-state index in [2.05, 4.69) is 86.3 Å². The minimum Gasteiger partial charge on any atom is -0.371 e. The van der Waals surface area contributed by atoms with Crippen LogP contribution >= 0.6 is 24.0 Å². The number of fused-ring (bicyclic) bond motifs is 1. The van der Waals surface area contributed by atoms with Crippen molar-refractivity contribution in [2.24, 2.45) is 10.9 Å². The van der Waals surface area contributed by atoms with Crippen LogP contribution in [-0.2, 0) is 6.42 Å². The maximum absolute atomic E-state index is 4.38. The van der Waals surface area contributed by atoms with Crippen LogP contribution in [0, 0.1) is 5.92 Å². The largest absolute Gasteiger partial charge is 0.371 e. The van der Waals surface area contributed by atoms with Gasteiger partial charge in [0.25, 0.3) is 0 Å². The van der Waals surface area contributed by atoms with Crippen molar-refractivity contribution in [1.82, 2.24) is 15.6 Å². The molecule has 0 spiro atoms. The average Bonchev–Trinajstić information content (AvgIpc) is 3.39. The second kappa shape index (κ2) is 10.5. The molecule has 1 unspecified atom stereocenters. The monoisotopic (exact) mass is 503 g/mol. The number of para-hydroxylation sites is 2. The number of nitrogens with one attached hydrogen (secondary N) is 3. The highest BCUT2D eigenvalue weighted by molar-refractivity contribution is 14.0. The molecule has 3 aromatic rings. The Kier molecular flexibility index (Phi) is 7.80. The molecule has 1 aromatic heterocycles. The molecule has 29 heavy (non-hydrogen) atoms. The van der Waals surface area contributed by atoms with Crippen molar-refractivity contribution in [3.63, 3.8) is 0 Å². The fourth-order valence-corrected chi connectivity index (χ4v) is 3.99. The van der Waals surface area contributed by atoms with Crippen molar-refractivity contribution in [2.45, 2.75) is 12.8 Å². The molecule has 1 aliphatic rings. The van der Waals surface area contributed by atoms with Gasteiger partial charge in [0.15, 0.2) is 5.96 Å². The van der Waals surface area contributed by atoms with Crippen molar-refractivity contribution in [3.05, 3.63) is 66.4 Å². The molecule has 1 atom stereocenters. The molecule has 0 radical (unpaired) electrons. The van der Waals surface area contributed by atoms with Gasteiger partial charge in [0.2, 0.25) is 0 Å². The van der Waals surface area contributed by atoms with Gasteiger partial charge in [-0.15, -0.1) is 24.0 Å². The number of aromatic nitrogens is 1. The van der Waals surface area contributed by atoms with Gasteiger partial charge in [0, 0.05) is 56.0 Å². The number of benzene rings is 2. The maximum atomic E-state index is 4.38. The van der Waals surface area contributed by atoms with Gasteiger partial charge in [-0.1, -0.05) is 36.4 Å². The van der Waals surface area contributed by atoms with Gasteiger partial charge >= 0.3 is 0 Å². The molecule has 154 valence electrons. The molecule has 2 aromatic carbocycles. The summed E-state index contributed by atoms with van der Waals surface area (Å²) in [6.07, 6.45) is 4.30. The van der Waals surface area contributed by atoms with E-state index in [-0.39, 0.29) is 24.0 Å². The fourth-order valence-electron chi connectivity index (χ4n) is 3.99. The molecule has 2 heterocycles. The number of guanidine groups is 1. The third kappa shape index (κ3) is 5.44. The Labute approximate surface area is 190 Å². The van der Waals surface area contributed by atoms with Crippen LogP contribution in [0.3, 0.4) is 0 Å². The summed E-state index contributed by atoms with van der Waals surface area (Å²) in [7, 11) is 1.84. The summed E-state index contributed by atoms with van der Waals surface area (Å²) in [5.41, 5.74) is 3.86. The highest BCUT2D eigenvalue weighted by Gasteiger charge is 2.22. The van der Waals surface area contributed by atoms with Crippen LogP contribution < -0.4 is 15.5 Å². The van der Waals surface area contributed by atoms with E-state index >= 15 is 0 Å². The number of halogens is 1. The molecule has 0 amide bonds. The highest BCUT2D eigenvalue weighted by atomic mass is 127. The summed E-state index contributed by atoms with van der Waals surface area (Å²) < 4.78 is 0. The zero-order valence-corrected chi connectivity index (χ0v) is 19.2. The summed E-state index contributed by atoms with van der Waals surface area (Å²) in [5, 5.41) is 8.26. The molecule has 0 saturated carbocycles. The van der Waals surface area contributed by atoms with Crippen molar-refractivity contribution in [2.75, 3.05) is 38.1 Å². The molecule has 5 nitrogen and oxygen atoms in total. The summed E-state index contributed by atoms with van der Waals surface area (Å²) in [6, 6.07) is 19.1. The Morgan fingerprint density at radius 1 is 1.10 bits per heavy atom. The number of H-pyrrole nitrogens is 1. The van der Waals surface area contributed by atoms with E-state index in [9.17, 15) is 0 Å². The zero-order chi connectivity index (χ0) is 19.2. The van der Waals surface area contributed by atoms with Crippen LogP contribution in [-0.4, -0.2) is 44.2 Å². The number of rotatable bonds is 6. The van der Waals surface area contributed by atoms with E-state index < -0.39 is 0 Å². The lowest BCUT2D eigenvalue weighted by Gasteiger charge is -2.19. The predicted octanol–water partition coefficient (Wildman–Crippen LogP) is 4.02. The van der Waals surface area contributed by atoms with Crippen LogP contribution in [0.2, 0.25) is 0 Å². The molecule has 0 aliphatic carbocycles. The zero-order valence-electron chi connectivity index (χ0n) is 16.9. The summed E-state index contributed by atoms with van der Waals surface area (Å²) in [6.45, 7) is 4.05. The van der Waals surface area contributed by atoms with Gasteiger partial charge in [-0.3, -0.25) is 4.99 Å².